The molecule has 8 nitrogen and oxygen atoms in total. The zero-order valence-corrected chi connectivity index (χ0v) is 15.6. The van der Waals surface area contributed by atoms with Gasteiger partial charge in [0.15, 0.2) is 5.65 Å². The predicted octanol–water partition coefficient (Wildman–Crippen LogP) is 2.93. The van der Waals surface area contributed by atoms with Crippen molar-refractivity contribution in [3.8, 4) is 0 Å². The first-order valence-electron chi connectivity index (χ1n) is 9.54. The molecule has 0 unspecified atom stereocenters. The number of rotatable bonds is 3. The monoisotopic (exact) mass is 389 g/mol. The quantitative estimate of drug-likeness (QED) is 0.561. The van der Waals surface area contributed by atoms with Crippen LogP contribution in [0.1, 0.15) is 45.2 Å². The van der Waals surface area contributed by atoms with Crippen LogP contribution in [0.3, 0.4) is 0 Å². The van der Waals surface area contributed by atoms with E-state index in [1.165, 1.54) is 6.33 Å². The van der Waals surface area contributed by atoms with E-state index < -0.39 is 5.97 Å². The average Bonchev–Trinajstić information content (AvgIpc) is 3.39. The number of aromatic carboxylic acids is 1. The van der Waals surface area contributed by atoms with Crippen LogP contribution in [0.15, 0.2) is 48.9 Å². The summed E-state index contributed by atoms with van der Waals surface area (Å²) >= 11 is 0. The first-order chi connectivity index (χ1) is 14.1. The standard InChI is InChI=1S/C21H19N5O3/c27-20(18-2-1-3-19-23-12-24-26(18)19)25-8-6-13(7-9-25)16-11-22-17-5-4-14(21(28)29)10-15(16)17/h1-5,10-13,22H,6-9H2,(H,28,29). The number of hydrogen-bond donors (Lipinski definition) is 2. The van der Waals surface area contributed by atoms with Crippen molar-refractivity contribution in [2.45, 2.75) is 18.8 Å². The van der Waals surface area contributed by atoms with E-state index in [0.717, 1.165) is 29.3 Å². The molecule has 4 aromatic rings. The van der Waals surface area contributed by atoms with E-state index in [-0.39, 0.29) is 17.4 Å². The lowest BCUT2D eigenvalue weighted by atomic mass is 9.88. The molecule has 1 saturated heterocycles. The second kappa shape index (κ2) is 6.73. The molecule has 8 heteroatoms. The van der Waals surface area contributed by atoms with Gasteiger partial charge in [-0.1, -0.05) is 6.07 Å². The lowest BCUT2D eigenvalue weighted by molar-refractivity contribution is 0.0690. The number of H-pyrrole nitrogens is 1. The van der Waals surface area contributed by atoms with Gasteiger partial charge in [0.1, 0.15) is 12.0 Å². The molecule has 146 valence electrons. The number of fused-ring (bicyclic) bond motifs is 2. The van der Waals surface area contributed by atoms with Crippen LogP contribution >= 0.6 is 0 Å². The average molecular weight is 389 g/mol. The van der Waals surface area contributed by atoms with E-state index in [1.54, 1.807) is 28.8 Å². The summed E-state index contributed by atoms with van der Waals surface area (Å²) in [4.78, 5) is 33.5. The second-order valence-electron chi connectivity index (χ2n) is 7.32. The number of benzene rings is 1. The molecular formula is C21H19N5O3. The maximum atomic E-state index is 13.0. The Kier molecular flexibility index (Phi) is 4.04. The van der Waals surface area contributed by atoms with E-state index >= 15 is 0 Å². The molecule has 0 saturated carbocycles. The molecule has 1 aliphatic heterocycles. The zero-order valence-electron chi connectivity index (χ0n) is 15.6. The lowest BCUT2D eigenvalue weighted by Crippen LogP contribution is -2.38. The van der Waals surface area contributed by atoms with Gasteiger partial charge in [-0.05, 0) is 54.7 Å². The predicted molar refractivity (Wildman–Crippen MR) is 106 cm³/mol. The van der Waals surface area contributed by atoms with Gasteiger partial charge >= 0.3 is 5.97 Å². The minimum atomic E-state index is -0.929. The number of aromatic amines is 1. The molecule has 4 heterocycles. The third kappa shape index (κ3) is 2.93. The van der Waals surface area contributed by atoms with Gasteiger partial charge in [-0.2, -0.15) is 5.10 Å². The number of carboxylic acid groups (broad SMARTS) is 1. The van der Waals surface area contributed by atoms with Gasteiger partial charge in [-0.15, -0.1) is 0 Å². The number of hydrogen-bond acceptors (Lipinski definition) is 4. The Bertz CT molecular complexity index is 1230. The number of carboxylic acids is 1. The van der Waals surface area contributed by atoms with Crippen molar-refractivity contribution >= 4 is 28.4 Å². The van der Waals surface area contributed by atoms with Gasteiger partial charge in [0.2, 0.25) is 0 Å². The smallest absolute Gasteiger partial charge is 0.335 e. The van der Waals surface area contributed by atoms with Crippen LogP contribution in [-0.4, -0.2) is 54.6 Å². The van der Waals surface area contributed by atoms with Gasteiger partial charge in [0.05, 0.1) is 5.56 Å². The van der Waals surface area contributed by atoms with Gasteiger partial charge in [-0.25, -0.2) is 14.3 Å². The van der Waals surface area contributed by atoms with Crippen molar-refractivity contribution in [1.82, 2.24) is 24.5 Å². The van der Waals surface area contributed by atoms with Crippen LogP contribution in [0.25, 0.3) is 16.6 Å². The number of nitrogens with one attached hydrogen (secondary N) is 1. The van der Waals surface area contributed by atoms with Gasteiger partial charge in [0, 0.05) is 30.2 Å². The Morgan fingerprint density at radius 1 is 1.14 bits per heavy atom. The van der Waals surface area contributed by atoms with Crippen molar-refractivity contribution in [2.75, 3.05) is 13.1 Å². The van der Waals surface area contributed by atoms with E-state index in [9.17, 15) is 14.7 Å². The molecule has 1 fully saturated rings. The highest BCUT2D eigenvalue weighted by Crippen LogP contribution is 2.34. The third-order valence-electron chi connectivity index (χ3n) is 5.70. The van der Waals surface area contributed by atoms with Crippen molar-refractivity contribution in [3.05, 3.63) is 65.7 Å². The molecule has 1 aromatic carbocycles. The van der Waals surface area contributed by atoms with Gasteiger partial charge in [-0.3, -0.25) is 4.79 Å². The van der Waals surface area contributed by atoms with Gasteiger partial charge < -0.3 is 15.0 Å². The number of carbonyl (C=O) groups is 2. The maximum absolute atomic E-state index is 13.0. The number of piperidine rings is 1. The van der Waals surface area contributed by atoms with Crippen molar-refractivity contribution in [1.29, 1.82) is 0 Å². The van der Waals surface area contributed by atoms with Crippen LogP contribution in [0.2, 0.25) is 0 Å². The SMILES string of the molecule is O=C(O)c1ccc2[nH]cc(C3CCN(C(=O)c4cccc5ncnn45)CC3)c2c1. The van der Waals surface area contributed by atoms with Gasteiger partial charge in [0.25, 0.3) is 5.91 Å². The van der Waals surface area contributed by atoms with E-state index in [1.807, 2.05) is 23.2 Å². The highest BCUT2D eigenvalue weighted by Gasteiger charge is 2.27. The molecule has 5 rings (SSSR count). The molecule has 1 amide bonds. The highest BCUT2D eigenvalue weighted by molar-refractivity contribution is 5.95. The summed E-state index contributed by atoms with van der Waals surface area (Å²) in [6.07, 6.45) is 5.06. The summed E-state index contributed by atoms with van der Waals surface area (Å²) in [6.45, 7) is 1.28. The Morgan fingerprint density at radius 3 is 2.76 bits per heavy atom. The number of aromatic nitrogens is 4. The summed E-state index contributed by atoms with van der Waals surface area (Å²) in [5, 5.41) is 14.4. The molecule has 0 atom stereocenters. The Balaban J connectivity index is 1.36. The molecule has 3 aromatic heterocycles. The normalized spacial score (nSPS) is 15.2. The molecule has 1 aliphatic rings. The molecule has 29 heavy (non-hydrogen) atoms. The maximum Gasteiger partial charge on any atom is 0.335 e. The second-order valence-corrected chi connectivity index (χ2v) is 7.32. The summed E-state index contributed by atoms with van der Waals surface area (Å²) in [6, 6.07) is 10.5. The molecule has 0 spiro atoms. The zero-order chi connectivity index (χ0) is 20.0. The number of nitrogens with zero attached hydrogens (tertiary/aromatic N) is 4. The minimum absolute atomic E-state index is 0.0494. The number of carbonyl (C=O) groups excluding carboxylic acids is 1. The van der Waals surface area contributed by atoms with Crippen molar-refractivity contribution < 1.29 is 14.7 Å². The summed E-state index contributed by atoms with van der Waals surface area (Å²) in [5.41, 5.74) is 3.50. The lowest BCUT2D eigenvalue weighted by Gasteiger charge is -2.32. The molecule has 0 aliphatic carbocycles. The summed E-state index contributed by atoms with van der Waals surface area (Å²) in [5.74, 6) is -0.701. The van der Waals surface area contributed by atoms with E-state index in [0.29, 0.717) is 24.4 Å². The number of likely N-dealkylation sites (tertiary alicyclic amines) is 1. The van der Waals surface area contributed by atoms with Crippen LogP contribution in [0.5, 0.6) is 0 Å². The highest BCUT2D eigenvalue weighted by atomic mass is 16.4. The summed E-state index contributed by atoms with van der Waals surface area (Å²) in [7, 11) is 0. The number of amides is 1. The fourth-order valence-electron chi connectivity index (χ4n) is 4.18. The first-order valence-corrected chi connectivity index (χ1v) is 9.54. The van der Waals surface area contributed by atoms with Crippen LogP contribution in [-0.2, 0) is 0 Å². The fourth-order valence-corrected chi connectivity index (χ4v) is 4.18. The molecule has 0 bridgehead atoms. The molecule has 0 radical (unpaired) electrons. The van der Waals surface area contributed by atoms with Crippen LogP contribution in [0.4, 0.5) is 0 Å². The summed E-state index contributed by atoms with van der Waals surface area (Å²) < 4.78 is 1.57. The van der Waals surface area contributed by atoms with Crippen molar-refractivity contribution in [2.24, 2.45) is 0 Å². The molecule has 2 N–H and O–H groups in total. The Hall–Kier alpha value is -3.68. The Labute approximate surface area is 165 Å². The first kappa shape index (κ1) is 17.4. The Morgan fingerprint density at radius 2 is 1.97 bits per heavy atom. The number of pyridine rings is 1. The largest absolute Gasteiger partial charge is 0.478 e. The van der Waals surface area contributed by atoms with Crippen molar-refractivity contribution in [3.63, 3.8) is 0 Å². The van der Waals surface area contributed by atoms with E-state index in [2.05, 4.69) is 15.1 Å². The van der Waals surface area contributed by atoms with E-state index in [4.69, 9.17) is 0 Å². The topological polar surface area (TPSA) is 104 Å². The minimum Gasteiger partial charge on any atom is -0.478 e. The van der Waals surface area contributed by atoms with Crippen LogP contribution in [0, 0.1) is 0 Å². The molecular weight excluding hydrogens is 370 g/mol. The fraction of sp³-hybridized carbons (Fsp3) is 0.238. The third-order valence-corrected chi connectivity index (χ3v) is 5.70. The van der Waals surface area contributed by atoms with Crippen LogP contribution < -0.4 is 0 Å².